The summed E-state index contributed by atoms with van der Waals surface area (Å²) in [7, 11) is 1.60. The summed E-state index contributed by atoms with van der Waals surface area (Å²) in [5, 5.41) is 0. The number of hydrogen-bond acceptors (Lipinski definition) is 4. The molecule has 4 N–H and O–H groups in total. The summed E-state index contributed by atoms with van der Waals surface area (Å²) in [6.07, 6.45) is 1.64. The van der Waals surface area contributed by atoms with Gasteiger partial charge in [-0.15, -0.1) is 0 Å². The summed E-state index contributed by atoms with van der Waals surface area (Å²) in [5.74, 6) is 0. The van der Waals surface area contributed by atoms with Crippen LogP contribution in [0, 0.1) is 0 Å². The zero-order valence-corrected chi connectivity index (χ0v) is 7.03. The van der Waals surface area contributed by atoms with Crippen LogP contribution in [0.1, 0.15) is 11.7 Å². The highest BCUT2D eigenvalue weighted by molar-refractivity contribution is 5.37. The Balaban J connectivity index is 2.73. The van der Waals surface area contributed by atoms with Crippen LogP contribution in [0.3, 0.4) is 0 Å². The zero-order chi connectivity index (χ0) is 8.97. The molecule has 0 fully saturated rings. The molecule has 0 saturated carbocycles. The van der Waals surface area contributed by atoms with Crippen molar-refractivity contribution in [1.29, 1.82) is 0 Å². The van der Waals surface area contributed by atoms with E-state index in [1.165, 1.54) is 0 Å². The molecule has 4 nitrogen and oxygen atoms in total. The molecule has 0 unspecified atom stereocenters. The second-order valence-electron chi connectivity index (χ2n) is 2.58. The van der Waals surface area contributed by atoms with E-state index < -0.39 is 0 Å². The molecule has 0 aliphatic rings. The molecule has 1 heterocycles. The summed E-state index contributed by atoms with van der Waals surface area (Å²) < 4.78 is 4.89. The van der Waals surface area contributed by atoms with E-state index in [1.807, 2.05) is 0 Å². The fourth-order valence-corrected chi connectivity index (χ4v) is 0.933. The maximum absolute atomic E-state index is 5.73. The minimum atomic E-state index is -0.196. The van der Waals surface area contributed by atoms with Gasteiger partial charge in [0, 0.05) is 19.0 Å². The van der Waals surface area contributed by atoms with Gasteiger partial charge in [0.15, 0.2) is 0 Å². The molecule has 0 bridgehead atoms. The lowest BCUT2D eigenvalue weighted by atomic mass is 10.2. The molecule has 0 aliphatic heterocycles. The quantitative estimate of drug-likeness (QED) is 0.679. The second-order valence-corrected chi connectivity index (χ2v) is 2.58. The summed E-state index contributed by atoms with van der Waals surface area (Å²) in [6, 6.07) is 3.28. The first kappa shape index (κ1) is 8.96. The minimum Gasteiger partial charge on any atom is -0.399 e. The van der Waals surface area contributed by atoms with Crippen molar-refractivity contribution in [1.82, 2.24) is 4.98 Å². The molecule has 0 radical (unpaired) electrons. The number of aromatic nitrogens is 1. The smallest absolute Gasteiger partial charge is 0.0708 e. The number of nitrogens with zero attached hydrogens (tertiary/aromatic N) is 1. The van der Waals surface area contributed by atoms with Crippen LogP contribution in [0.4, 0.5) is 5.69 Å². The number of hydrogen-bond donors (Lipinski definition) is 2. The van der Waals surface area contributed by atoms with Crippen molar-refractivity contribution in [3.05, 3.63) is 24.0 Å². The van der Waals surface area contributed by atoms with Crippen LogP contribution >= 0.6 is 0 Å². The van der Waals surface area contributed by atoms with E-state index >= 15 is 0 Å². The highest BCUT2D eigenvalue weighted by Gasteiger charge is 2.05. The Morgan fingerprint density at radius 2 is 2.42 bits per heavy atom. The van der Waals surface area contributed by atoms with Crippen LogP contribution in [-0.2, 0) is 4.74 Å². The molecule has 0 amide bonds. The fraction of sp³-hybridized carbons (Fsp3) is 0.375. The highest BCUT2D eigenvalue weighted by Crippen LogP contribution is 2.10. The molecule has 1 aromatic heterocycles. The Morgan fingerprint density at radius 1 is 1.67 bits per heavy atom. The average Bonchev–Trinajstić information content (AvgIpc) is 2.05. The van der Waals surface area contributed by atoms with Gasteiger partial charge in [0.25, 0.3) is 0 Å². The third kappa shape index (κ3) is 2.18. The average molecular weight is 167 g/mol. The van der Waals surface area contributed by atoms with Crippen LogP contribution in [0.25, 0.3) is 0 Å². The highest BCUT2D eigenvalue weighted by atomic mass is 16.5. The van der Waals surface area contributed by atoms with Crippen LogP contribution in [0.2, 0.25) is 0 Å². The first-order chi connectivity index (χ1) is 5.74. The third-order valence-corrected chi connectivity index (χ3v) is 1.53. The molecule has 1 rings (SSSR count). The molecule has 0 aliphatic carbocycles. The largest absolute Gasteiger partial charge is 0.399 e. The molecule has 1 atom stereocenters. The van der Waals surface area contributed by atoms with E-state index in [9.17, 15) is 0 Å². The first-order valence-corrected chi connectivity index (χ1v) is 3.70. The summed E-state index contributed by atoms with van der Waals surface area (Å²) >= 11 is 0. The van der Waals surface area contributed by atoms with Gasteiger partial charge in [-0.1, -0.05) is 0 Å². The molecule has 0 saturated heterocycles. The van der Waals surface area contributed by atoms with Gasteiger partial charge < -0.3 is 16.2 Å². The lowest BCUT2D eigenvalue weighted by molar-refractivity contribution is 0.179. The van der Waals surface area contributed by atoms with Gasteiger partial charge >= 0.3 is 0 Å². The van der Waals surface area contributed by atoms with Crippen molar-refractivity contribution in [2.24, 2.45) is 5.73 Å². The predicted molar refractivity (Wildman–Crippen MR) is 47.5 cm³/mol. The molecule has 66 valence electrons. The van der Waals surface area contributed by atoms with Gasteiger partial charge in [-0.2, -0.15) is 0 Å². The van der Waals surface area contributed by atoms with Crippen LogP contribution in [0.5, 0.6) is 0 Å². The lowest BCUT2D eigenvalue weighted by Gasteiger charge is -2.09. The van der Waals surface area contributed by atoms with Crippen molar-refractivity contribution in [3.63, 3.8) is 0 Å². The number of nitrogen functional groups attached to an aromatic ring is 1. The molecule has 0 aromatic carbocycles. The number of rotatable bonds is 3. The summed E-state index contributed by atoms with van der Waals surface area (Å²) in [6.45, 7) is 0.455. The van der Waals surface area contributed by atoms with Gasteiger partial charge in [-0.05, 0) is 12.1 Å². The number of methoxy groups -OCH3 is 1. The van der Waals surface area contributed by atoms with E-state index in [-0.39, 0.29) is 6.04 Å². The lowest BCUT2D eigenvalue weighted by Crippen LogP contribution is -2.17. The Bertz CT molecular complexity index is 252. The van der Waals surface area contributed by atoms with Crippen molar-refractivity contribution >= 4 is 5.69 Å². The maximum atomic E-state index is 5.73. The SMILES string of the molecule is COC[C@@H](N)c1cc(N)ccn1. The Labute approximate surface area is 71.5 Å². The van der Waals surface area contributed by atoms with Gasteiger partial charge in [-0.3, -0.25) is 4.98 Å². The molecular weight excluding hydrogens is 154 g/mol. The minimum absolute atomic E-state index is 0.196. The first-order valence-electron chi connectivity index (χ1n) is 3.70. The number of pyridine rings is 1. The van der Waals surface area contributed by atoms with E-state index in [4.69, 9.17) is 16.2 Å². The van der Waals surface area contributed by atoms with Crippen LogP contribution < -0.4 is 11.5 Å². The topological polar surface area (TPSA) is 74.2 Å². The number of nitrogens with two attached hydrogens (primary N) is 2. The summed E-state index contributed by atoms with van der Waals surface area (Å²) in [4.78, 5) is 4.07. The van der Waals surface area contributed by atoms with Gasteiger partial charge in [0.1, 0.15) is 0 Å². The second kappa shape index (κ2) is 4.04. The normalized spacial score (nSPS) is 12.8. The standard InChI is InChI=1S/C8H13N3O/c1-12-5-7(10)8-4-6(9)2-3-11-8/h2-4,7H,5,10H2,1H3,(H2,9,11)/t7-/m1/s1. The van der Waals surface area contributed by atoms with Gasteiger partial charge in [0.05, 0.1) is 18.3 Å². The van der Waals surface area contributed by atoms with Crippen molar-refractivity contribution in [2.75, 3.05) is 19.5 Å². The van der Waals surface area contributed by atoms with Crippen molar-refractivity contribution in [2.45, 2.75) is 6.04 Å². The van der Waals surface area contributed by atoms with E-state index in [0.29, 0.717) is 12.3 Å². The maximum Gasteiger partial charge on any atom is 0.0708 e. The fourth-order valence-electron chi connectivity index (χ4n) is 0.933. The Morgan fingerprint density at radius 3 is 3.00 bits per heavy atom. The number of anilines is 1. The predicted octanol–water partition coefficient (Wildman–Crippen LogP) is 0.310. The molecular formula is C8H13N3O. The molecule has 1 aromatic rings. The number of ether oxygens (including phenoxy) is 1. The molecule has 0 spiro atoms. The summed E-state index contributed by atoms with van der Waals surface area (Å²) in [5.41, 5.74) is 12.7. The van der Waals surface area contributed by atoms with E-state index in [2.05, 4.69) is 4.98 Å². The van der Waals surface area contributed by atoms with Gasteiger partial charge in [0.2, 0.25) is 0 Å². The Kier molecular flexibility index (Phi) is 3.01. The zero-order valence-electron chi connectivity index (χ0n) is 7.03. The monoisotopic (exact) mass is 167 g/mol. The van der Waals surface area contributed by atoms with Crippen LogP contribution in [0.15, 0.2) is 18.3 Å². The Hall–Kier alpha value is -1.13. The third-order valence-electron chi connectivity index (χ3n) is 1.53. The van der Waals surface area contributed by atoms with Gasteiger partial charge in [-0.25, -0.2) is 0 Å². The molecule has 4 heteroatoms. The van der Waals surface area contributed by atoms with Crippen molar-refractivity contribution < 1.29 is 4.74 Å². The van der Waals surface area contributed by atoms with E-state index in [1.54, 1.807) is 25.4 Å². The van der Waals surface area contributed by atoms with E-state index in [0.717, 1.165) is 5.69 Å². The van der Waals surface area contributed by atoms with Crippen molar-refractivity contribution in [3.8, 4) is 0 Å². The van der Waals surface area contributed by atoms with Crippen LogP contribution in [-0.4, -0.2) is 18.7 Å². The molecule has 12 heavy (non-hydrogen) atoms.